The Hall–Kier alpha value is -3.35. The third-order valence-corrected chi connectivity index (χ3v) is 4.01. The van der Waals surface area contributed by atoms with Gasteiger partial charge in [-0.3, -0.25) is 9.59 Å². The Bertz CT molecular complexity index is 885. The molecule has 7 heteroatoms. The number of hydrogen-bond acceptors (Lipinski definition) is 4. The molecule has 0 aliphatic rings. The van der Waals surface area contributed by atoms with Crippen LogP contribution < -0.4 is 10.1 Å². The van der Waals surface area contributed by atoms with Crippen LogP contribution in [0.15, 0.2) is 54.7 Å². The molecule has 0 spiro atoms. The van der Waals surface area contributed by atoms with Crippen LogP contribution in [-0.2, 0) is 11.3 Å². The van der Waals surface area contributed by atoms with Crippen LogP contribution >= 0.6 is 0 Å². The maximum Gasteiger partial charge on any atom is 0.272 e. The van der Waals surface area contributed by atoms with Gasteiger partial charge < -0.3 is 15.0 Å². The number of benzene rings is 1. The summed E-state index contributed by atoms with van der Waals surface area (Å²) in [7, 11) is 3.31. The summed E-state index contributed by atoms with van der Waals surface area (Å²) in [6.07, 6.45) is 1.76. The van der Waals surface area contributed by atoms with Gasteiger partial charge in [0.05, 0.1) is 19.2 Å². The number of nitrogens with one attached hydrogen (secondary N) is 1. The van der Waals surface area contributed by atoms with E-state index in [1.54, 1.807) is 35.8 Å². The summed E-state index contributed by atoms with van der Waals surface area (Å²) in [5.41, 5.74) is 2.08. The fourth-order valence-corrected chi connectivity index (χ4v) is 2.52. The molecule has 0 fully saturated rings. The largest absolute Gasteiger partial charge is 0.497 e. The van der Waals surface area contributed by atoms with E-state index in [1.165, 1.54) is 0 Å². The Morgan fingerprint density at radius 2 is 1.96 bits per heavy atom. The topological polar surface area (TPSA) is 75.9 Å². The lowest BCUT2D eigenvalue weighted by Gasteiger charge is -2.17. The molecule has 3 aromatic rings. The number of rotatable bonds is 6. The highest BCUT2D eigenvalue weighted by Crippen LogP contribution is 2.12. The van der Waals surface area contributed by atoms with Crippen molar-refractivity contribution in [3.8, 4) is 5.75 Å². The molecular formula is C19H20N4O3. The first-order valence-corrected chi connectivity index (χ1v) is 8.16. The first kappa shape index (κ1) is 17.5. The van der Waals surface area contributed by atoms with Crippen LogP contribution in [0, 0.1) is 0 Å². The van der Waals surface area contributed by atoms with Crippen molar-refractivity contribution in [2.45, 2.75) is 6.54 Å². The van der Waals surface area contributed by atoms with E-state index in [-0.39, 0.29) is 24.1 Å². The van der Waals surface area contributed by atoms with Crippen molar-refractivity contribution in [2.24, 2.45) is 0 Å². The van der Waals surface area contributed by atoms with Crippen LogP contribution in [0.25, 0.3) is 5.52 Å². The van der Waals surface area contributed by atoms with Crippen molar-refractivity contribution in [3.63, 3.8) is 0 Å². The Balaban J connectivity index is 1.54. The number of ether oxygens (including phenoxy) is 1. The van der Waals surface area contributed by atoms with E-state index in [9.17, 15) is 9.59 Å². The molecule has 0 aliphatic heterocycles. The fourth-order valence-electron chi connectivity index (χ4n) is 2.52. The molecule has 0 atom stereocenters. The highest BCUT2D eigenvalue weighted by atomic mass is 16.5. The van der Waals surface area contributed by atoms with Gasteiger partial charge in [0.2, 0.25) is 5.91 Å². The number of methoxy groups -OCH3 is 1. The molecule has 1 N–H and O–H groups in total. The minimum absolute atomic E-state index is 0.0840. The van der Waals surface area contributed by atoms with Crippen LogP contribution in [0.5, 0.6) is 5.75 Å². The third kappa shape index (κ3) is 4.00. The first-order chi connectivity index (χ1) is 12.6. The van der Waals surface area contributed by atoms with E-state index in [0.717, 1.165) is 16.8 Å². The van der Waals surface area contributed by atoms with E-state index in [2.05, 4.69) is 10.4 Å². The lowest BCUT2D eigenvalue weighted by molar-refractivity contribution is -0.129. The number of amides is 2. The number of pyridine rings is 1. The molecule has 0 saturated heterocycles. The van der Waals surface area contributed by atoms with Crippen molar-refractivity contribution < 1.29 is 14.3 Å². The maximum absolute atomic E-state index is 12.2. The number of hydrogen-bond donors (Lipinski definition) is 1. The molecule has 7 nitrogen and oxygen atoms in total. The summed E-state index contributed by atoms with van der Waals surface area (Å²) < 4.78 is 6.73. The first-order valence-electron chi connectivity index (χ1n) is 8.16. The monoisotopic (exact) mass is 352 g/mol. The van der Waals surface area contributed by atoms with Gasteiger partial charge in [0, 0.05) is 19.8 Å². The van der Waals surface area contributed by atoms with Gasteiger partial charge in [-0.15, -0.1) is 0 Å². The molecule has 2 aromatic heterocycles. The number of fused-ring (bicyclic) bond motifs is 1. The van der Waals surface area contributed by atoms with E-state index in [0.29, 0.717) is 6.54 Å². The molecule has 0 radical (unpaired) electrons. The summed E-state index contributed by atoms with van der Waals surface area (Å²) in [6.45, 7) is 0.367. The number of carbonyl (C=O) groups excluding carboxylic acids is 2. The Labute approximate surface area is 151 Å². The summed E-state index contributed by atoms with van der Waals surface area (Å²) in [5, 5.41) is 6.81. The van der Waals surface area contributed by atoms with Crippen molar-refractivity contribution in [3.05, 3.63) is 66.0 Å². The maximum atomic E-state index is 12.2. The lowest BCUT2D eigenvalue weighted by Crippen LogP contribution is -2.37. The molecule has 0 saturated carbocycles. The quantitative estimate of drug-likeness (QED) is 0.733. The smallest absolute Gasteiger partial charge is 0.272 e. The number of aromatic nitrogens is 2. The molecular weight excluding hydrogens is 332 g/mol. The zero-order valence-corrected chi connectivity index (χ0v) is 14.7. The Morgan fingerprint density at radius 1 is 1.19 bits per heavy atom. The molecule has 1 aromatic carbocycles. The predicted molar refractivity (Wildman–Crippen MR) is 97.0 cm³/mol. The van der Waals surface area contributed by atoms with Gasteiger partial charge in [-0.25, -0.2) is 4.52 Å². The zero-order valence-electron chi connectivity index (χ0n) is 14.7. The van der Waals surface area contributed by atoms with Gasteiger partial charge in [-0.2, -0.15) is 5.10 Å². The minimum atomic E-state index is -0.375. The van der Waals surface area contributed by atoms with Crippen molar-refractivity contribution in [1.29, 1.82) is 0 Å². The van der Waals surface area contributed by atoms with Crippen LogP contribution in [0.3, 0.4) is 0 Å². The second kappa shape index (κ2) is 7.69. The van der Waals surface area contributed by atoms with Crippen LogP contribution in [0.2, 0.25) is 0 Å². The number of likely N-dealkylation sites (N-methyl/N-ethyl adjacent to an activating group) is 1. The second-order valence-electron chi connectivity index (χ2n) is 5.88. The summed E-state index contributed by atoms with van der Waals surface area (Å²) in [6, 6.07) is 14.7. The van der Waals surface area contributed by atoms with Crippen LogP contribution in [-0.4, -0.2) is 47.0 Å². The van der Waals surface area contributed by atoms with Crippen LogP contribution in [0.4, 0.5) is 0 Å². The number of nitrogens with zero attached hydrogens (tertiary/aromatic N) is 3. The minimum Gasteiger partial charge on any atom is -0.497 e. The molecule has 2 amide bonds. The van der Waals surface area contributed by atoms with Gasteiger partial charge in [-0.05, 0) is 35.9 Å². The molecule has 0 bridgehead atoms. The summed E-state index contributed by atoms with van der Waals surface area (Å²) in [4.78, 5) is 26.0. The lowest BCUT2D eigenvalue weighted by atomic mass is 10.2. The van der Waals surface area contributed by atoms with E-state index in [4.69, 9.17) is 4.74 Å². The van der Waals surface area contributed by atoms with Crippen molar-refractivity contribution in [1.82, 2.24) is 19.8 Å². The highest BCUT2D eigenvalue weighted by molar-refractivity contribution is 5.95. The second-order valence-corrected chi connectivity index (χ2v) is 5.88. The van der Waals surface area contributed by atoms with Crippen molar-refractivity contribution in [2.75, 3.05) is 20.7 Å². The molecule has 0 aliphatic carbocycles. The number of carbonyl (C=O) groups is 2. The van der Waals surface area contributed by atoms with Crippen molar-refractivity contribution >= 4 is 17.3 Å². The van der Waals surface area contributed by atoms with Gasteiger partial charge in [-0.1, -0.05) is 18.2 Å². The SMILES string of the molecule is COc1ccc(CN(C)C(=O)CNC(=O)c2cc3ccccn3n2)cc1. The summed E-state index contributed by atoms with van der Waals surface area (Å²) >= 11 is 0. The third-order valence-electron chi connectivity index (χ3n) is 4.01. The van der Waals surface area contributed by atoms with E-state index >= 15 is 0 Å². The van der Waals surface area contributed by atoms with Gasteiger partial charge in [0.1, 0.15) is 5.75 Å². The highest BCUT2D eigenvalue weighted by Gasteiger charge is 2.14. The normalized spacial score (nSPS) is 10.5. The van der Waals surface area contributed by atoms with Gasteiger partial charge in [0.15, 0.2) is 5.69 Å². The molecule has 134 valence electrons. The van der Waals surface area contributed by atoms with Gasteiger partial charge >= 0.3 is 0 Å². The molecule has 3 rings (SSSR count). The molecule has 26 heavy (non-hydrogen) atoms. The fraction of sp³-hybridized carbons (Fsp3) is 0.211. The Kier molecular flexibility index (Phi) is 5.17. The average molecular weight is 352 g/mol. The molecule has 2 heterocycles. The summed E-state index contributed by atoms with van der Waals surface area (Å²) in [5.74, 6) is 0.209. The van der Waals surface area contributed by atoms with E-state index in [1.807, 2.05) is 42.5 Å². The Morgan fingerprint density at radius 3 is 2.65 bits per heavy atom. The zero-order chi connectivity index (χ0) is 18.5. The molecule has 0 unspecified atom stereocenters. The standard InChI is InChI=1S/C19H20N4O3/c1-22(13-14-6-8-16(26-2)9-7-14)18(24)12-20-19(25)17-11-15-5-3-4-10-23(15)21-17/h3-11H,12-13H2,1-2H3,(H,20,25). The predicted octanol–water partition coefficient (Wildman–Crippen LogP) is 1.73. The van der Waals surface area contributed by atoms with E-state index < -0.39 is 0 Å². The van der Waals surface area contributed by atoms with Gasteiger partial charge in [0.25, 0.3) is 5.91 Å². The van der Waals surface area contributed by atoms with Crippen LogP contribution in [0.1, 0.15) is 16.1 Å². The average Bonchev–Trinajstić information content (AvgIpc) is 3.10.